The Kier molecular flexibility index (Phi) is 3.73. The van der Waals surface area contributed by atoms with Crippen LogP contribution in [0.1, 0.15) is 0 Å². The molecule has 0 amide bonds. The van der Waals surface area contributed by atoms with Crippen LogP contribution in [0.2, 0.25) is 0 Å². The molecular weight excluding hydrogens is 233 g/mol. The predicted molar refractivity (Wildman–Crippen MR) is 41.8 cm³/mol. The fourth-order valence-corrected chi connectivity index (χ4v) is 2.31. The zero-order chi connectivity index (χ0) is 7.71. The topological polar surface area (TPSA) is 0 Å². The summed E-state index contributed by atoms with van der Waals surface area (Å²) in [4.78, 5) is 0. The van der Waals surface area contributed by atoms with Gasteiger partial charge in [0.25, 0.3) is 3.79 Å². The number of hydrogen-bond donors (Lipinski definition) is 1. The van der Waals surface area contributed by atoms with E-state index >= 15 is 0 Å². The highest BCUT2D eigenvalue weighted by Gasteiger charge is 2.36. The number of alkyl halides is 5. The molecule has 0 aromatic carbocycles. The highest BCUT2D eigenvalue weighted by atomic mass is 35.5. The zero-order valence-corrected chi connectivity index (χ0v) is 7.72. The van der Waals surface area contributed by atoms with Gasteiger partial charge >= 0.3 is 3.92 Å². The van der Waals surface area contributed by atoms with Gasteiger partial charge in [-0.1, -0.05) is 34.8 Å². The van der Waals surface area contributed by atoms with E-state index in [2.05, 4.69) is 12.6 Å². The Balaban J connectivity index is 3.75. The van der Waals surface area contributed by atoms with Crippen molar-refractivity contribution in [3.05, 3.63) is 0 Å². The molecule has 0 aliphatic heterocycles. The van der Waals surface area contributed by atoms with Crippen LogP contribution in [0.4, 0.5) is 8.78 Å². The van der Waals surface area contributed by atoms with Crippen LogP contribution in [0, 0.1) is 0 Å². The summed E-state index contributed by atoms with van der Waals surface area (Å²) < 4.78 is 18.8. The minimum atomic E-state index is -2.74. The smallest absolute Gasteiger partial charge is 0.201 e. The van der Waals surface area contributed by atoms with Crippen molar-refractivity contribution in [2.75, 3.05) is 0 Å². The lowest BCUT2D eigenvalue weighted by Crippen LogP contribution is -2.07. The highest BCUT2D eigenvalue weighted by molar-refractivity contribution is 8.15. The fraction of sp³-hybridized carbons (Fsp3) is 1.00. The van der Waals surface area contributed by atoms with Gasteiger partial charge < -0.3 is 0 Å². The molecule has 0 bridgehead atoms. The van der Waals surface area contributed by atoms with E-state index in [1.165, 1.54) is 0 Å². The molecule has 0 radical (unpaired) electrons. The molecule has 0 saturated carbocycles. The lowest BCUT2D eigenvalue weighted by atomic mass is 11.7. The summed E-state index contributed by atoms with van der Waals surface area (Å²) in [5.41, 5.74) is 0. The number of thioether (sulfide) groups is 1. The first-order valence-electron chi connectivity index (χ1n) is 1.58. The second-order valence-electron chi connectivity index (χ2n) is 1.03. The van der Waals surface area contributed by atoms with Crippen molar-refractivity contribution in [3.63, 3.8) is 0 Å². The number of rotatable bonds is 2. The Morgan fingerprint density at radius 3 is 1.56 bits per heavy atom. The number of halogens is 5. The first-order valence-corrected chi connectivity index (χ1v) is 3.97. The fourth-order valence-electron chi connectivity index (χ4n) is 0.139. The quantitative estimate of drug-likeness (QED) is 0.432. The van der Waals surface area contributed by atoms with Crippen molar-refractivity contribution < 1.29 is 8.78 Å². The second kappa shape index (κ2) is 3.22. The Morgan fingerprint density at radius 1 is 1.22 bits per heavy atom. The van der Waals surface area contributed by atoms with Gasteiger partial charge in [-0.15, -0.1) is 12.6 Å². The van der Waals surface area contributed by atoms with Gasteiger partial charge in [0.2, 0.25) is 0 Å². The van der Waals surface area contributed by atoms with Gasteiger partial charge in [0.1, 0.15) is 0 Å². The first kappa shape index (κ1) is 10.4. The van der Waals surface area contributed by atoms with Crippen molar-refractivity contribution in [1.82, 2.24) is 0 Å². The second-order valence-corrected chi connectivity index (χ2v) is 5.97. The van der Waals surface area contributed by atoms with E-state index in [0.29, 0.717) is 0 Å². The summed E-state index contributed by atoms with van der Waals surface area (Å²) in [5.74, 6) is 0. The molecule has 7 heteroatoms. The summed E-state index contributed by atoms with van der Waals surface area (Å²) in [6.45, 7) is 0. The lowest BCUT2D eigenvalue weighted by Gasteiger charge is -2.13. The molecule has 0 nitrogen and oxygen atoms in total. The van der Waals surface area contributed by atoms with Gasteiger partial charge in [-0.05, 0) is 11.8 Å². The molecule has 1 atom stereocenters. The van der Waals surface area contributed by atoms with E-state index in [-0.39, 0.29) is 11.8 Å². The van der Waals surface area contributed by atoms with E-state index in [1.54, 1.807) is 0 Å². The van der Waals surface area contributed by atoms with E-state index in [1.807, 2.05) is 0 Å². The SMILES string of the molecule is FC(S)(Cl)SC(F)(Cl)Cl. The van der Waals surface area contributed by atoms with Crippen LogP contribution in [-0.4, -0.2) is 7.71 Å². The summed E-state index contributed by atoms with van der Waals surface area (Å²) in [6.07, 6.45) is 0. The average Bonchev–Trinajstić information content (AvgIpc) is 1.14. The van der Waals surface area contributed by atoms with E-state index in [4.69, 9.17) is 34.8 Å². The average molecular weight is 234 g/mol. The van der Waals surface area contributed by atoms with E-state index in [9.17, 15) is 8.78 Å². The van der Waals surface area contributed by atoms with Crippen LogP contribution < -0.4 is 0 Å². The number of thiol groups is 1. The Morgan fingerprint density at radius 2 is 1.56 bits per heavy atom. The van der Waals surface area contributed by atoms with Crippen LogP contribution in [-0.2, 0) is 0 Å². The molecule has 0 aromatic rings. The molecule has 0 aliphatic rings. The molecule has 0 saturated heterocycles. The third-order valence-electron chi connectivity index (χ3n) is 0.239. The minimum absolute atomic E-state index is 0.159. The third kappa shape index (κ3) is 9.43. The monoisotopic (exact) mass is 232 g/mol. The van der Waals surface area contributed by atoms with Crippen molar-refractivity contribution in [2.45, 2.75) is 7.71 Å². The van der Waals surface area contributed by atoms with E-state index < -0.39 is 7.71 Å². The molecule has 0 aliphatic carbocycles. The zero-order valence-electron chi connectivity index (χ0n) is 3.75. The Bertz CT molecular complexity index is 83.0. The lowest BCUT2D eigenvalue weighted by molar-refractivity contribution is 0.488. The summed E-state index contributed by atoms with van der Waals surface area (Å²) in [6, 6.07) is 0. The molecule has 0 spiro atoms. The number of hydrogen-bond acceptors (Lipinski definition) is 2. The molecule has 1 unspecified atom stereocenters. The first-order chi connectivity index (χ1) is 3.71. The molecule has 0 aromatic heterocycles. The third-order valence-corrected chi connectivity index (χ3v) is 1.68. The normalized spacial score (nSPS) is 19.3. The standard InChI is InChI=1S/C2HCl3F2S2/c3-1(4,6)9-2(5,7)8/h8H. The van der Waals surface area contributed by atoms with Crippen molar-refractivity contribution >= 4 is 59.2 Å². The van der Waals surface area contributed by atoms with Crippen LogP contribution >= 0.6 is 59.2 Å². The molecule has 0 N–H and O–H groups in total. The maximum absolute atomic E-state index is 12.1. The van der Waals surface area contributed by atoms with Crippen LogP contribution in [0.25, 0.3) is 0 Å². The van der Waals surface area contributed by atoms with Gasteiger partial charge in [-0.25, -0.2) is 4.39 Å². The largest absolute Gasteiger partial charge is 0.309 e. The molecule has 0 rings (SSSR count). The van der Waals surface area contributed by atoms with Crippen LogP contribution in [0.15, 0.2) is 0 Å². The maximum atomic E-state index is 12.1. The van der Waals surface area contributed by atoms with Gasteiger partial charge in [0.05, 0.1) is 0 Å². The maximum Gasteiger partial charge on any atom is 0.309 e. The molecule has 0 fully saturated rings. The molecular formula is C2HCl3F2S2. The van der Waals surface area contributed by atoms with Gasteiger partial charge in [-0.2, -0.15) is 4.39 Å². The van der Waals surface area contributed by atoms with E-state index in [0.717, 1.165) is 0 Å². The van der Waals surface area contributed by atoms with Gasteiger partial charge in [0, 0.05) is 0 Å². The molecule has 9 heavy (non-hydrogen) atoms. The van der Waals surface area contributed by atoms with Crippen LogP contribution in [0.3, 0.4) is 0 Å². The molecule has 56 valence electrons. The highest BCUT2D eigenvalue weighted by Crippen LogP contribution is 2.49. The van der Waals surface area contributed by atoms with Crippen molar-refractivity contribution in [1.29, 1.82) is 0 Å². The summed E-state index contributed by atoms with van der Waals surface area (Å²) in [5, 5.41) is 0. The van der Waals surface area contributed by atoms with Crippen LogP contribution in [0.5, 0.6) is 0 Å². The van der Waals surface area contributed by atoms with Gasteiger partial charge in [-0.3, -0.25) is 0 Å². The minimum Gasteiger partial charge on any atom is -0.201 e. The predicted octanol–water partition coefficient (Wildman–Crippen LogP) is 3.53. The van der Waals surface area contributed by atoms with Crippen molar-refractivity contribution in [3.8, 4) is 0 Å². The summed E-state index contributed by atoms with van der Waals surface area (Å²) >= 11 is 17.1. The van der Waals surface area contributed by atoms with Crippen molar-refractivity contribution in [2.24, 2.45) is 0 Å². The van der Waals surface area contributed by atoms with Gasteiger partial charge in [0.15, 0.2) is 0 Å². The summed E-state index contributed by atoms with van der Waals surface area (Å²) in [7, 11) is 0. The molecule has 0 heterocycles. The Labute approximate surface area is 75.6 Å². The Hall–Kier alpha value is 1.43.